The van der Waals surface area contributed by atoms with Crippen molar-refractivity contribution in [2.75, 3.05) is 5.73 Å². The molecule has 5 nitrogen and oxygen atoms in total. The number of carbonyl (C=O) groups is 2. The van der Waals surface area contributed by atoms with Crippen LogP contribution in [-0.4, -0.2) is 22.5 Å². The average molecular weight is 312 g/mol. The highest BCUT2D eigenvalue weighted by Crippen LogP contribution is 2.20. The van der Waals surface area contributed by atoms with E-state index in [0.717, 1.165) is 5.56 Å². The molecule has 0 aliphatic carbocycles. The summed E-state index contributed by atoms with van der Waals surface area (Å²) in [6, 6.07) is 15.6. The standard InChI is InChI=1S/C18H20N2O3/c1-2-18(17(22)23,12-13-8-10-15(19)11-9-13)20-16(21)14-6-4-3-5-7-14/h3-11H,2,12,19H2,1H3,(H,20,21)(H,22,23). The van der Waals surface area contributed by atoms with Gasteiger partial charge in [-0.25, -0.2) is 4.79 Å². The van der Waals surface area contributed by atoms with Crippen LogP contribution in [0.15, 0.2) is 54.6 Å². The van der Waals surface area contributed by atoms with E-state index >= 15 is 0 Å². The van der Waals surface area contributed by atoms with E-state index in [9.17, 15) is 14.7 Å². The first-order chi connectivity index (χ1) is 11.0. The molecule has 1 amide bonds. The minimum absolute atomic E-state index is 0.192. The summed E-state index contributed by atoms with van der Waals surface area (Å²) in [7, 11) is 0. The molecular weight excluding hydrogens is 292 g/mol. The van der Waals surface area contributed by atoms with Crippen LogP contribution in [0.5, 0.6) is 0 Å². The number of nitrogens with two attached hydrogens (primary N) is 1. The van der Waals surface area contributed by atoms with Crippen LogP contribution in [-0.2, 0) is 11.2 Å². The first kappa shape index (κ1) is 16.5. The predicted molar refractivity (Wildman–Crippen MR) is 89.1 cm³/mol. The average Bonchev–Trinajstić information content (AvgIpc) is 2.56. The van der Waals surface area contributed by atoms with Crippen LogP contribution in [0.25, 0.3) is 0 Å². The molecule has 0 heterocycles. The van der Waals surface area contributed by atoms with Gasteiger partial charge in [0.2, 0.25) is 0 Å². The number of amides is 1. The molecule has 23 heavy (non-hydrogen) atoms. The number of hydrogen-bond donors (Lipinski definition) is 3. The Bertz CT molecular complexity index is 683. The van der Waals surface area contributed by atoms with Crippen molar-refractivity contribution in [3.63, 3.8) is 0 Å². The van der Waals surface area contributed by atoms with E-state index in [1.165, 1.54) is 0 Å². The molecule has 0 saturated carbocycles. The number of rotatable bonds is 6. The molecule has 0 saturated heterocycles. The molecule has 1 unspecified atom stereocenters. The largest absolute Gasteiger partial charge is 0.479 e. The SMILES string of the molecule is CCC(Cc1ccc(N)cc1)(NC(=O)c1ccccc1)C(=O)O. The lowest BCUT2D eigenvalue weighted by molar-refractivity contribution is -0.144. The van der Waals surface area contributed by atoms with Crippen LogP contribution in [0.4, 0.5) is 5.69 Å². The lowest BCUT2D eigenvalue weighted by Crippen LogP contribution is -2.55. The number of benzene rings is 2. The highest BCUT2D eigenvalue weighted by molar-refractivity contribution is 5.97. The first-order valence-electron chi connectivity index (χ1n) is 7.42. The van der Waals surface area contributed by atoms with Gasteiger partial charge in [-0.15, -0.1) is 0 Å². The summed E-state index contributed by atoms with van der Waals surface area (Å²) in [5.74, 6) is -1.45. The Morgan fingerprint density at radius 3 is 2.22 bits per heavy atom. The molecule has 4 N–H and O–H groups in total. The first-order valence-corrected chi connectivity index (χ1v) is 7.42. The van der Waals surface area contributed by atoms with E-state index in [0.29, 0.717) is 11.3 Å². The van der Waals surface area contributed by atoms with Crippen molar-refractivity contribution in [3.8, 4) is 0 Å². The predicted octanol–water partition coefficient (Wildman–Crippen LogP) is 2.47. The molecule has 2 aromatic rings. The third-order valence-corrected chi connectivity index (χ3v) is 3.89. The van der Waals surface area contributed by atoms with Gasteiger partial charge in [-0.1, -0.05) is 37.3 Å². The van der Waals surface area contributed by atoms with Gasteiger partial charge < -0.3 is 16.2 Å². The maximum absolute atomic E-state index is 12.4. The molecule has 1 atom stereocenters. The topological polar surface area (TPSA) is 92.4 Å². The van der Waals surface area contributed by atoms with Gasteiger partial charge in [-0.2, -0.15) is 0 Å². The van der Waals surface area contributed by atoms with Crippen molar-refractivity contribution in [1.29, 1.82) is 0 Å². The van der Waals surface area contributed by atoms with E-state index in [1.54, 1.807) is 61.5 Å². The molecular formula is C18H20N2O3. The number of aliphatic carboxylic acids is 1. The van der Waals surface area contributed by atoms with Crippen LogP contribution in [0.3, 0.4) is 0 Å². The molecule has 120 valence electrons. The second-order valence-corrected chi connectivity index (χ2v) is 5.48. The molecule has 0 fully saturated rings. The molecule has 2 aromatic carbocycles. The lowest BCUT2D eigenvalue weighted by atomic mass is 9.87. The number of nitrogens with one attached hydrogen (secondary N) is 1. The highest BCUT2D eigenvalue weighted by atomic mass is 16.4. The zero-order chi connectivity index (χ0) is 16.9. The molecule has 0 aliphatic rings. The van der Waals surface area contributed by atoms with Gasteiger partial charge in [0.15, 0.2) is 0 Å². The number of carboxylic acid groups (broad SMARTS) is 1. The zero-order valence-corrected chi connectivity index (χ0v) is 13.0. The van der Waals surface area contributed by atoms with Crippen molar-refractivity contribution < 1.29 is 14.7 Å². The van der Waals surface area contributed by atoms with Crippen molar-refractivity contribution >= 4 is 17.6 Å². The van der Waals surface area contributed by atoms with E-state index in [1.807, 2.05) is 0 Å². The van der Waals surface area contributed by atoms with Crippen LogP contribution in [0.1, 0.15) is 29.3 Å². The van der Waals surface area contributed by atoms with Crippen LogP contribution < -0.4 is 11.1 Å². The minimum atomic E-state index is -1.36. The number of nitrogen functional groups attached to an aromatic ring is 1. The molecule has 0 aromatic heterocycles. The summed E-state index contributed by atoms with van der Waals surface area (Å²) in [4.78, 5) is 24.2. The van der Waals surface area contributed by atoms with Gasteiger partial charge in [0, 0.05) is 17.7 Å². The van der Waals surface area contributed by atoms with Gasteiger partial charge in [-0.05, 0) is 36.2 Å². The third-order valence-electron chi connectivity index (χ3n) is 3.89. The van der Waals surface area contributed by atoms with Crippen molar-refractivity contribution in [3.05, 3.63) is 65.7 Å². The van der Waals surface area contributed by atoms with E-state index in [-0.39, 0.29) is 12.8 Å². The Kier molecular flexibility index (Phi) is 5.01. The maximum atomic E-state index is 12.4. The second-order valence-electron chi connectivity index (χ2n) is 5.48. The van der Waals surface area contributed by atoms with Crippen molar-refractivity contribution in [1.82, 2.24) is 5.32 Å². The summed E-state index contributed by atoms with van der Waals surface area (Å²) in [5.41, 5.74) is 6.14. The molecule has 5 heteroatoms. The quantitative estimate of drug-likeness (QED) is 0.714. The van der Waals surface area contributed by atoms with Crippen molar-refractivity contribution in [2.45, 2.75) is 25.3 Å². The van der Waals surface area contributed by atoms with Crippen molar-refractivity contribution in [2.24, 2.45) is 0 Å². The van der Waals surface area contributed by atoms with Crippen LogP contribution >= 0.6 is 0 Å². The van der Waals surface area contributed by atoms with E-state index in [2.05, 4.69) is 5.32 Å². The van der Waals surface area contributed by atoms with E-state index < -0.39 is 17.4 Å². The van der Waals surface area contributed by atoms with Crippen LogP contribution in [0.2, 0.25) is 0 Å². The Labute approximate surface area is 135 Å². The van der Waals surface area contributed by atoms with Gasteiger partial charge in [0.1, 0.15) is 5.54 Å². The molecule has 0 bridgehead atoms. The Morgan fingerprint density at radius 2 is 1.70 bits per heavy atom. The monoisotopic (exact) mass is 312 g/mol. The fourth-order valence-electron chi connectivity index (χ4n) is 2.40. The number of carbonyl (C=O) groups excluding carboxylic acids is 1. The number of hydrogen-bond acceptors (Lipinski definition) is 3. The summed E-state index contributed by atoms with van der Waals surface area (Å²) < 4.78 is 0. The normalized spacial score (nSPS) is 13.1. The second kappa shape index (κ2) is 6.96. The summed E-state index contributed by atoms with van der Waals surface area (Å²) in [6.07, 6.45) is 0.461. The fourth-order valence-corrected chi connectivity index (χ4v) is 2.40. The van der Waals surface area contributed by atoms with Gasteiger partial charge in [0.05, 0.1) is 0 Å². The minimum Gasteiger partial charge on any atom is -0.479 e. The van der Waals surface area contributed by atoms with Gasteiger partial charge >= 0.3 is 5.97 Å². The third kappa shape index (κ3) is 3.88. The molecule has 0 spiro atoms. The Balaban J connectivity index is 2.26. The number of anilines is 1. The summed E-state index contributed by atoms with van der Waals surface area (Å²) >= 11 is 0. The number of carboxylic acids is 1. The lowest BCUT2D eigenvalue weighted by Gasteiger charge is -2.29. The van der Waals surface area contributed by atoms with E-state index in [4.69, 9.17) is 5.73 Å². The van der Waals surface area contributed by atoms with Gasteiger partial charge in [-0.3, -0.25) is 4.79 Å². The Morgan fingerprint density at radius 1 is 1.09 bits per heavy atom. The smallest absolute Gasteiger partial charge is 0.329 e. The molecule has 0 aliphatic heterocycles. The molecule has 0 radical (unpaired) electrons. The Hall–Kier alpha value is -2.82. The molecule has 2 rings (SSSR count). The maximum Gasteiger partial charge on any atom is 0.329 e. The highest BCUT2D eigenvalue weighted by Gasteiger charge is 2.38. The van der Waals surface area contributed by atoms with Gasteiger partial charge in [0.25, 0.3) is 5.91 Å². The van der Waals surface area contributed by atoms with Crippen LogP contribution in [0, 0.1) is 0 Å². The summed E-state index contributed by atoms with van der Waals surface area (Å²) in [6.45, 7) is 1.75. The fraction of sp³-hybridized carbons (Fsp3) is 0.222. The zero-order valence-electron chi connectivity index (χ0n) is 13.0. The summed E-state index contributed by atoms with van der Waals surface area (Å²) in [5, 5.41) is 12.4.